The summed E-state index contributed by atoms with van der Waals surface area (Å²) in [7, 11) is -3.74. The number of rotatable bonds is 6. The fraction of sp³-hybridized carbons (Fsp3) is 0.308. The van der Waals surface area contributed by atoms with Crippen LogP contribution in [0.25, 0.3) is 0 Å². The van der Waals surface area contributed by atoms with Crippen molar-refractivity contribution in [2.45, 2.75) is 23.0 Å². The molecular formula is C26H25F2N5O4S. The van der Waals surface area contributed by atoms with Crippen LogP contribution in [0.2, 0.25) is 0 Å². The van der Waals surface area contributed by atoms with Gasteiger partial charge in [-0.1, -0.05) is 6.07 Å². The van der Waals surface area contributed by atoms with Crippen LogP contribution in [0.5, 0.6) is 0 Å². The van der Waals surface area contributed by atoms with E-state index in [1.807, 2.05) is 0 Å². The Kier molecular flexibility index (Phi) is 7.17. The fourth-order valence-corrected chi connectivity index (χ4v) is 6.35. The van der Waals surface area contributed by atoms with Crippen molar-refractivity contribution in [2.75, 3.05) is 31.1 Å². The number of carbonyl (C=O) groups excluding carboxylic acids is 2. The summed E-state index contributed by atoms with van der Waals surface area (Å²) in [6, 6.07) is 12.8. The number of nitrogens with zero attached hydrogens (tertiary/aromatic N) is 4. The van der Waals surface area contributed by atoms with Gasteiger partial charge in [0.05, 0.1) is 27.3 Å². The zero-order valence-corrected chi connectivity index (χ0v) is 21.1. The molecule has 0 atom stereocenters. The fourth-order valence-electron chi connectivity index (χ4n) is 4.62. The number of amides is 2. The molecule has 38 heavy (non-hydrogen) atoms. The first-order valence-electron chi connectivity index (χ1n) is 12.2. The molecule has 0 unspecified atom stereocenters. The summed E-state index contributed by atoms with van der Waals surface area (Å²) < 4.78 is 54.3. The lowest BCUT2D eigenvalue weighted by Crippen LogP contribution is -2.51. The third kappa shape index (κ3) is 4.88. The highest BCUT2D eigenvalue weighted by atomic mass is 32.2. The normalized spacial score (nSPS) is 16.6. The van der Waals surface area contributed by atoms with Crippen molar-refractivity contribution in [1.29, 1.82) is 0 Å². The Morgan fingerprint density at radius 1 is 0.974 bits per heavy atom. The standard InChI is InChI=1S/C26H25F2N5O4S/c27-22-4-1-3-21(24(22)28)26(35)32-13-10-20(11-14-32)38(36,37)19-8-6-18(7-9-19)33(23-5-2-12-30-31-23)25(34)17-15-29-16-17/h1-9,12,17,20,29H,10-11,13-16H2. The van der Waals surface area contributed by atoms with Gasteiger partial charge in [0.15, 0.2) is 27.3 Å². The molecule has 3 aromatic rings. The second-order valence-corrected chi connectivity index (χ2v) is 11.5. The monoisotopic (exact) mass is 541 g/mol. The topological polar surface area (TPSA) is 113 Å². The third-order valence-corrected chi connectivity index (χ3v) is 9.19. The summed E-state index contributed by atoms with van der Waals surface area (Å²) in [6.45, 7) is 1.30. The lowest BCUT2D eigenvalue weighted by molar-refractivity contribution is -0.123. The van der Waals surface area contributed by atoms with Gasteiger partial charge in [0.25, 0.3) is 5.91 Å². The number of hydrogen-bond donors (Lipinski definition) is 1. The van der Waals surface area contributed by atoms with Gasteiger partial charge in [-0.25, -0.2) is 17.2 Å². The predicted octanol–water partition coefficient (Wildman–Crippen LogP) is 2.72. The van der Waals surface area contributed by atoms with Crippen molar-refractivity contribution < 1.29 is 26.8 Å². The van der Waals surface area contributed by atoms with E-state index in [1.165, 1.54) is 40.3 Å². The number of likely N-dealkylation sites (tertiary alicyclic amines) is 1. The average molecular weight is 542 g/mol. The number of nitrogens with one attached hydrogen (secondary N) is 1. The Bertz CT molecular complexity index is 1440. The van der Waals surface area contributed by atoms with Gasteiger partial charge in [0, 0.05) is 32.4 Å². The third-order valence-electron chi connectivity index (χ3n) is 6.91. The molecule has 9 nitrogen and oxygen atoms in total. The lowest BCUT2D eigenvalue weighted by atomic mass is 10.0. The summed E-state index contributed by atoms with van der Waals surface area (Å²) in [5, 5.41) is 10.2. The molecule has 2 aliphatic heterocycles. The van der Waals surface area contributed by atoms with Crippen molar-refractivity contribution in [1.82, 2.24) is 20.4 Å². The summed E-state index contributed by atoms with van der Waals surface area (Å²) in [5.74, 6) is -3.03. The molecule has 1 aromatic heterocycles. The molecule has 0 aliphatic carbocycles. The van der Waals surface area contributed by atoms with Gasteiger partial charge in [-0.3, -0.25) is 14.5 Å². The minimum Gasteiger partial charge on any atom is -0.338 e. The van der Waals surface area contributed by atoms with E-state index in [0.29, 0.717) is 24.6 Å². The highest BCUT2D eigenvalue weighted by Gasteiger charge is 2.35. The maximum absolute atomic E-state index is 14.1. The summed E-state index contributed by atoms with van der Waals surface area (Å²) in [6.07, 6.45) is 1.82. The van der Waals surface area contributed by atoms with E-state index in [-0.39, 0.29) is 48.2 Å². The number of halogens is 2. The second-order valence-electron chi connectivity index (χ2n) is 9.24. The lowest BCUT2D eigenvalue weighted by Gasteiger charge is -2.32. The molecule has 0 spiro atoms. The van der Waals surface area contributed by atoms with Gasteiger partial charge in [0.2, 0.25) is 5.91 Å². The van der Waals surface area contributed by atoms with E-state index in [2.05, 4.69) is 15.5 Å². The number of piperidine rings is 1. The molecule has 0 saturated carbocycles. The molecule has 2 aromatic carbocycles. The zero-order valence-electron chi connectivity index (χ0n) is 20.3. The van der Waals surface area contributed by atoms with Crippen LogP contribution in [0.3, 0.4) is 0 Å². The Labute approximate surface area is 218 Å². The van der Waals surface area contributed by atoms with Crippen LogP contribution in [-0.2, 0) is 14.6 Å². The van der Waals surface area contributed by atoms with Gasteiger partial charge in [0.1, 0.15) is 0 Å². The van der Waals surface area contributed by atoms with E-state index in [0.717, 1.165) is 6.07 Å². The number of anilines is 2. The zero-order chi connectivity index (χ0) is 26.9. The molecule has 2 aliphatic rings. The van der Waals surface area contributed by atoms with Gasteiger partial charge >= 0.3 is 0 Å². The van der Waals surface area contributed by atoms with Gasteiger partial charge in [-0.15, -0.1) is 5.10 Å². The minimum absolute atomic E-state index is 0.0963. The summed E-state index contributed by atoms with van der Waals surface area (Å²) in [4.78, 5) is 28.6. The Balaban J connectivity index is 1.30. The maximum atomic E-state index is 14.1. The van der Waals surface area contributed by atoms with Crippen molar-refractivity contribution >= 4 is 33.2 Å². The van der Waals surface area contributed by atoms with Crippen LogP contribution >= 0.6 is 0 Å². The molecule has 5 rings (SSSR count). The first-order chi connectivity index (χ1) is 18.3. The quantitative estimate of drug-likeness (QED) is 0.511. The van der Waals surface area contributed by atoms with Crippen LogP contribution in [0.15, 0.2) is 65.7 Å². The molecule has 12 heteroatoms. The molecule has 3 heterocycles. The maximum Gasteiger partial charge on any atom is 0.256 e. The Morgan fingerprint density at radius 3 is 2.29 bits per heavy atom. The van der Waals surface area contributed by atoms with Crippen LogP contribution < -0.4 is 10.2 Å². The molecule has 2 saturated heterocycles. The van der Waals surface area contributed by atoms with Gasteiger partial charge in [-0.05, 0) is 61.4 Å². The van der Waals surface area contributed by atoms with Gasteiger partial charge < -0.3 is 10.2 Å². The SMILES string of the molecule is O=C(c1cccc(F)c1F)N1CCC(S(=O)(=O)c2ccc(N(C(=O)C3CNC3)c3cccnn3)cc2)CC1. The van der Waals surface area contributed by atoms with E-state index >= 15 is 0 Å². The Morgan fingerprint density at radius 2 is 1.68 bits per heavy atom. The highest BCUT2D eigenvalue weighted by Crippen LogP contribution is 2.30. The van der Waals surface area contributed by atoms with Gasteiger partial charge in [-0.2, -0.15) is 5.10 Å². The van der Waals surface area contributed by atoms with Crippen LogP contribution in [0, 0.1) is 17.6 Å². The molecule has 1 N–H and O–H groups in total. The minimum atomic E-state index is -3.74. The average Bonchev–Trinajstić information content (AvgIpc) is 2.90. The molecule has 198 valence electrons. The Hall–Kier alpha value is -3.77. The molecule has 2 fully saturated rings. The van der Waals surface area contributed by atoms with Crippen molar-refractivity contribution in [2.24, 2.45) is 5.92 Å². The van der Waals surface area contributed by atoms with Crippen molar-refractivity contribution in [3.8, 4) is 0 Å². The molecule has 0 bridgehead atoms. The van der Waals surface area contributed by atoms with Crippen molar-refractivity contribution in [3.63, 3.8) is 0 Å². The number of hydrogen-bond acceptors (Lipinski definition) is 7. The molecule has 2 amide bonds. The van der Waals surface area contributed by atoms with E-state index in [9.17, 15) is 26.8 Å². The first kappa shape index (κ1) is 25.9. The number of benzene rings is 2. The highest BCUT2D eigenvalue weighted by molar-refractivity contribution is 7.92. The predicted molar refractivity (Wildman–Crippen MR) is 134 cm³/mol. The number of carbonyl (C=O) groups is 2. The van der Waals surface area contributed by atoms with Crippen LogP contribution in [-0.4, -0.2) is 66.8 Å². The second kappa shape index (κ2) is 10.5. The van der Waals surface area contributed by atoms with Crippen LogP contribution in [0.4, 0.5) is 20.3 Å². The smallest absolute Gasteiger partial charge is 0.256 e. The van der Waals surface area contributed by atoms with Crippen molar-refractivity contribution in [3.05, 3.63) is 78.0 Å². The first-order valence-corrected chi connectivity index (χ1v) is 13.7. The summed E-state index contributed by atoms with van der Waals surface area (Å²) in [5.41, 5.74) is 0.0978. The summed E-state index contributed by atoms with van der Waals surface area (Å²) >= 11 is 0. The van der Waals surface area contributed by atoms with E-state index in [4.69, 9.17) is 0 Å². The molecule has 0 radical (unpaired) electrons. The largest absolute Gasteiger partial charge is 0.338 e. The molecular weight excluding hydrogens is 516 g/mol. The number of aromatic nitrogens is 2. The van der Waals surface area contributed by atoms with E-state index in [1.54, 1.807) is 24.3 Å². The van der Waals surface area contributed by atoms with Crippen LogP contribution in [0.1, 0.15) is 23.2 Å². The van der Waals surface area contributed by atoms with E-state index < -0.39 is 32.6 Å². The number of sulfone groups is 1.